The minimum Gasteiger partial charge on any atom is -0.455 e. The topological polar surface area (TPSA) is 86.5 Å². The third kappa shape index (κ3) is 4.13. The van der Waals surface area contributed by atoms with Gasteiger partial charge in [0.05, 0.1) is 10.5 Å². The normalized spacial score (nSPS) is 11.2. The fraction of sp³-hybridized carbons (Fsp3) is 0.111. The van der Waals surface area contributed by atoms with E-state index in [9.17, 15) is 13.2 Å². The van der Waals surface area contributed by atoms with Crippen LogP contribution in [0.25, 0.3) is 11.3 Å². The van der Waals surface area contributed by atoms with Gasteiger partial charge in [-0.15, -0.1) is 0 Å². The second kappa shape index (κ2) is 6.90. The van der Waals surface area contributed by atoms with Gasteiger partial charge in [-0.25, -0.2) is 13.2 Å². The van der Waals surface area contributed by atoms with E-state index in [1.54, 1.807) is 6.07 Å². The molecule has 0 aliphatic heterocycles. The van der Waals surface area contributed by atoms with E-state index in [0.29, 0.717) is 11.5 Å². The van der Waals surface area contributed by atoms with Gasteiger partial charge < -0.3 is 9.26 Å². The first-order valence-electron chi connectivity index (χ1n) is 7.42. The van der Waals surface area contributed by atoms with Crippen LogP contribution in [0.15, 0.2) is 70.1 Å². The van der Waals surface area contributed by atoms with Crippen molar-refractivity contribution in [3.8, 4) is 11.3 Å². The molecule has 1 heterocycles. The van der Waals surface area contributed by atoms with Crippen LogP contribution in [-0.4, -0.2) is 25.8 Å². The van der Waals surface area contributed by atoms with Crippen LogP contribution in [0.1, 0.15) is 16.1 Å². The van der Waals surface area contributed by atoms with Crippen LogP contribution in [-0.2, 0) is 21.2 Å². The van der Waals surface area contributed by atoms with Gasteiger partial charge in [0.2, 0.25) is 0 Å². The molecular formula is C18H15NO5S. The summed E-state index contributed by atoms with van der Waals surface area (Å²) in [5.74, 6) is 0.0217. The van der Waals surface area contributed by atoms with Gasteiger partial charge in [0.15, 0.2) is 15.6 Å². The predicted octanol–water partition coefficient (Wildman–Crippen LogP) is 3.10. The summed E-state index contributed by atoms with van der Waals surface area (Å²) in [6, 6.07) is 16.7. The molecule has 0 fully saturated rings. The second-order valence-corrected chi connectivity index (χ2v) is 7.44. The van der Waals surface area contributed by atoms with Crippen LogP contribution in [0.4, 0.5) is 0 Å². The summed E-state index contributed by atoms with van der Waals surface area (Å²) in [5.41, 5.74) is 1.63. The van der Waals surface area contributed by atoms with Gasteiger partial charge in [-0.3, -0.25) is 0 Å². The van der Waals surface area contributed by atoms with E-state index in [0.717, 1.165) is 11.8 Å². The van der Waals surface area contributed by atoms with Gasteiger partial charge in [-0.2, -0.15) is 0 Å². The van der Waals surface area contributed by atoms with Gasteiger partial charge in [0.1, 0.15) is 12.3 Å². The molecule has 3 rings (SSSR count). The quantitative estimate of drug-likeness (QED) is 0.652. The first-order chi connectivity index (χ1) is 11.9. The van der Waals surface area contributed by atoms with Crippen molar-refractivity contribution < 1.29 is 22.5 Å². The highest BCUT2D eigenvalue weighted by Crippen LogP contribution is 2.20. The van der Waals surface area contributed by atoms with Gasteiger partial charge >= 0.3 is 5.97 Å². The van der Waals surface area contributed by atoms with Crippen LogP contribution >= 0.6 is 0 Å². The summed E-state index contributed by atoms with van der Waals surface area (Å²) in [6.07, 6.45) is 1.11. The highest BCUT2D eigenvalue weighted by atomic mass is 32.2. The molecule has 0 aliphatic rings. The van der Waals surface area contributed by atoms with Gasteiger partial charge in [0, 0.05) is 17.9 Å². The molecule has 0 N–H and O–H groups in total. The molecule has 0 unspecified atom stereocenters. The van der Waals surface area contributed by atoms with Gasteiger partial charge in [-0.05, 0) is 24.3 Å². The van der Waals surface area contributed by atoms with Crippen LogP contribution in [0, 0.1) is 0 Å². The largest absolute Gasteiger partial charge is 0.455 e. The molecule has 0 aliphatic carbocycles. The van der Waals surface area contributed by atoms with E-state index in [1.807, 2.05) is 30.3 Å². The standard InChI is InChI=1S/C18H15NO5S/c1-25(21,22)16-9-7-14(8-10-16)18(20)23-12-15-11-17(24-19-15)13-5-3-2-4-6-13/h2-11H,12H2,1H3. The smallest absolute Gasteiger partial charge is 0.338 e. The fourth-order valence-corrected chi connectivity index (χ4v) is 2.81. The Hall–Kier alpha value is -2.93. The molecule has 0 saturated heterocycles. The number of sulfone groups is 1. The molecule has 2 aromatic carbocycles. The highest BCUT2D eigenvalue weighted by molar-refractivity contribution is 7.90. The van der Waals surface area contributed by atoms with E-state index in [4.69, 9.17) is 9.26 Å². The second-order valence-electron chi connectivity index (χ2n) is 5.42. The van der Waals surface area contributed by atoms with Crippen LogP contribution in [0.2, 0.25) is 0 Å². The zero-order valence-corrected chi connectivity index (χ0v) is 14.2. The number of carbonyl (C=O) groups excluding carboxylic acids is 1. The molecule has 6 nitrogen and oxygen atoms in total. The molecule has 0 radical (unpaired) electrons. The molecule has 3 aromatic rings. The predicted molar refractivity (Wildman–Crippen MR) is 90.6 cm³/mol. The van der Waals surface area contributed by atoms with E-state index >= 15 is 0 Å². The van der Waals surface area contributed by atoms with Crippen molar-refractivity contribution in [2.45, 2.75) is 11.5 Å². The molecule has 0 bridgehead atoms. The van der Waals surface area contributed by atoms with E-state index in [-0.39, 0.29) is 17.1 Å². The number of esters is 1. The number of hydrogen-bond acceptors (Lipinski definition) is 6. The minimum atomic E-state index is -3.30. The van der Waals surface area contributed by atoms with Crippen molar-refractivity contribution in [2.75, 3.05) is 6.26 Å². The molecule has 1 aromatic heterocycles. The number of benzene rings is 2. The monoisotopic (exact) mass is 357 g/mol. The van der Waals surface area contributed by atoms with Crippen LogP contribution < -0.4 is 0 Å². The van der Waals surface area contributed by atoms with Crippen LogP contribution in [0.3, 0.4) is 0 Å². The van der Waals surface area contributed by atoms with Crippen molar-refractivity contribution in [1.82, 2.24) is 5.16 Å². The summed E-state index contributed by atoms with van der Waals surface area (Å²) in [7, 11) is -3.30. The van der Waals surface area contributed by atoms with E-state index in [2.05, 4.69) is 5.16 Å². The summed E-state index contributed by atoms with van der Waals surface area (Å²) < 4.78 is 33.2. The van der Waals surface area contributed by atoms with Crippen molar-refractivity contribution in [1.29, 1.82) is 0 Å². The van der Waals surface area contributed by atoms with Crippen molar-refractivity contribution in [3.63, 3.8) is 0 Å². The Morgan fingerprint density at radius 3 is 2.40 bits per heavy atom. The van der Waals surface area contributed by atoms with Crippen molar-refractivity contribution in [2.24, 2.45) is 0 Å². The highest BCUT2D eigenvalue weighted by Gasteiger charge is 2.13. The molecule has 0 spiro atoms. The van der Waals surface area contributed by atoms with Crippen molar-refractivity contribution >= 4 is 15.8 Å². The Bertz CT molecular complexity index is 976. The summed E-state index contributed by atoms with van der Waals surface area (Å²) in [5, 5.41) is 3.87. The number of hydrogen-bond donors (Lipinski definition) is 0. The maximum Gasteiger partial charge on any atom is 0.338 e. The number of aromatic nitrogens is 1. The molecule has 0 atom stereocenters. The average molecular weight is 357 g/mol. The Kier molecular flexibility index (Phi) is 4.67. The third-order valence-electron chi connectivity index (χ3n) is 3.49. The van der Waals surface area contributed by atoms with Crippen molar-refractivity contribution in [3.05, 3.63) is 71.9 Å². The molecule has 25 heavy (non-hydrogen) atoms. The molecule has 0 saturated carbocycles. The fourth-order valence-electron chi connectivity index (χ4n) is 2.18. The number of nitrogens with zero attached hydrogens (tertiary/aromatic N) is 1. The maximum atomic E-state index is 12.0. The first-order valence-corrected chi connectivity index (χ1v) is 9.31. The lowest BCUT2D eigenvalue weighted by atomic mass is 10.2. The summed E-state index contributed by atoms with van der Waals surface area (Å²) >= 11 is 0. The van der Waals surface area contributed by atoms with Gasteiger partial charge in [-0.1, -0.05) is 35.5 Å². The number of rotatable bonds is 5. The Morgan fingerprint density at radius 1 is 1.08 bits per heavy atom. The molecule has 128 valence electrons. The lowest BCUT2D eigenvalue weighted by molar-refractivity contribution is 0.0464. The zero-order valence-electron chi connectivity index (χ0n) is 13.4. The molecule has 7 heteroatoms. The van der Waals surface area contributed by atoms with E-state index in [1.165, 1.54) is 24.3 Å². The van der Waals surface area contributed by atoms with Crippen LogP contribution in [0.5, 0.6) is 0 Å². The Morgan fingerprint density at radius 2 is 1.76 bits per heavy atom. The van der Waals surface area contributed by atoms with Gasteiger partial charge in [0.25, 0.3) is 0 Å². The summed E-state index contributed by atoms with van der Waals surface area (Å²) in [4.78, 5) is 12.2. The average Bonchev–Trinajstić information content (AvgIpc) is 3.09. The van der Waals surface area contributed by atoms with E-state index < -0.39 is 15.8 Å². The summed E-state index contributed by atoms with van der Waals surface area (Å²) in [6.45, 7) is -0.0387. The third-order valence-corrected chi connectivity index (χ3v) is 4.62. The Labute approximate surface area is 145 Å². The lowest BCUT2D eigenvalue weighted by Crippen LogP contribution is -2.06. The zero-order chi connectivity index (χ0) is 17.9. The molecular weight excluding hydrogens is 342 g/mol. The minimum absolute atomic E-state index is 0.0387. The number of ether oxygens (including phenoxy) is 1. The Balaban J connectivity index is 1.64. The number of carbonyl (C=O) groups is 1. The first kappa shape index (κ1) is 16.9. The molecule has 0 amide bonds. The SMILES string of the molecule is CS(=O)(=O)c1ccc(C(=O)OCc2cc(-c3ccccc3)on2)cc1. The lowest BCUT2D eigenvalue weighted by Gasteiger charge is -2.03. The maximum absolute atomic E-state index is 12.0.